The molecule has 0 bridgehead atoms. The van der Waals surface area contributed by atoms with Crippen LogP contribution in [0.5, 0.6) is 5.75 Å². The van der Waals surface area contributed by atoms with Crippen molar-refractivity contribution in [2.75, 3.05) is 31.2 Å². The molecule has 1 aliphatic rings. The SMILES string of the molecule is CCCCOCCCNC(=O)CCN1C(=O)C(CC)Oc2ccccc21. The molecule has 1 N–H and O–H groups in total. The van der Waals surface area contributed by atoms with Crippen molar-refractivity contribution in [2.24, 2.45) is 0 Å². The number of unbranched alkanes of at least 4 members (excludes halogenated alkanes) is 1. The lowest BCUT2D eigenvalue weighted by molar-refractivity contribution is -0.126. The van der Waals surface area contributed by atoms with Gasteiger partial charge in [-0.05, 0) is 31.4 Å². The average molecular weight is 362 g/mol. The summed E-state index contributed by atoms with van der Waals surface area (Å²) < 4.78 is 11.2. The predicted octanol–water partition coefficient (Wildman–Crippen LogP) is 2.90. The third kappa shape index (κ3) is 5.73. The van der Waals surface area contributed by atoms with Gasteiger partial charge in [0.05, 0.1) is 5.69 Å². The van der Waals surface area contributed by atoms with E-state index in [0.717, 1.165) is 31.6 Å². The molecule has 2 amide bonds. The van der Waals surface area contributed by atoms with Crippen LogP contribution >= 0.6 is 0 Å². The molecule has 0 aliphatic carbocycles. The number of para-hydroxylation sites is 2. The molecular formula is C20H30N2O4. The number of carbonyl (C=O) groups is 2. The lowest BCUT2D eigenvalue weighted by Crippen LogP contribution is -2.46. The van der Waals surface area contributed by atoms with Crippen LogP contribution < -0.4 is 15.0 Å². The van der Waals surface area contributed by atoms with E-state index in [4.69, 9.17) is 9.47 Å². The van der Waals surface area contributed by atoms with Crippen LogP contribution in [-0.4, -0.2) is 44.2 Å². The number of rotatable bonds is 11. The van der Waals surface area contributed by atoms with Crippen molar-refractivity contribution in [3.05, 3.63) is 24.3 Å². The second-order valence-corrected chi connectivity index (χ2v) is 6.39. The number of fused-ring (bicyclic) bond motifs is 1. The fourth-order valence-corrected chi connectivity index (χ4v) is 2.82. The normalized spacial score (nSPS) is 16.2. The van der Waals surface area contributed by atoms with E-state index in [0.29, 0.717) is 31.9 Å². The fraction of sp³-hybridized carbons (Fsp3) is 0.600. The van der Waals surface area contributed by atoms with Crippen LogP contribution in [-0.2, 0) is 14.3 Å². The van der Waals surface area contributed by atoms with Crippen LogP contribution in [0.15, 0.2) is 24.3 Å². The smallest absolute Gasteiger partial charge is 0.268 e. The van der Waals surface area contributed by atoms with Crippen LogP contribution in [0, 0.1) is 0 Å². The summed E-state index contributed by atoms with van der Waals surface area (Å²) in [4.78, 5) is 26.3. The van der Waals surface area contributed by atoms with E-state index >= 15 is 0 Å². The Morgan fingerprint density at radius 2 is 2.00 bits per heavy atom. The second-order valence-electron chi connectivity index (χ2n) is 6.39. The van der Waals surface area contributed by atoms with Gasteiger partial charge in [-0.15, -0.1) is 0 Å². The van der Waals surface area contributed by atoms with Gasteiger partial charge >= 0.3 is 0 Å². The van der Waals surface area contributed by atoms with Crippen molar-refractivity contribution < 1.29 is 19.1 Å². The summed E-state index contributed by atoms with van der Waals surface area (Å²) in [5, 5.41) is 2.89. The molecule has 1 aliphatic heterocycles. The molecule has 2 rings (SSSR count). The summed E-state index contributed by atoms with van der Waals surface area (Å²) in [6.07, 6.45) is 3.39. The molecule has 0 saturated carbocycles. The minimum atomic E-state index is -0.478. The lowest BCUT2D eigenvalue weighted by atomic mass is 10.1. The first kappa shape index (κ1) is 20.2. The zero-order valence-corrected chi connectivity index (χ0v) is 15.8. The third-order valence-corrected chi connectivity index (χ3v) is 4.33. The molecule has 0 fully saturated rings. The fourth-order valence-electron chi connectivity index (χ4n) is 2.82. The molecular weight excluding hydrogens is 332 g/mol. The molecule has 1 heterocycles. The van der Waals surface area contributed by atoms with Gasteiger partial charge in [0.15, 0.2) is 6.10 Å². The maximum Gasteiger partial charge on any atom is 0.268 e. The van der Waals surface area contributed by atoms with Crippen molar-refractivity contribution in [1.82, 2.24) is 5.32 Å². The summed E-state index contributed by atoms with van der Waals surface area (Å²) in [5.41, 5.74) is 0.735. The van der Waals surface area contributed by atoms with E-state index in [9.17, 15) is 9.59 Å². The molecule has 1 aromatic rings. The molecule has 0 spiro atoms. The molecule has 1 atom stereocenters. The maximum atomic E-state index is 12.6. The Morgan fingerprint density at radius 1 is 1.23 bits per heavy atom. The summed E-state index contributed by atoms with van der Waals surface area (Å²) in [7, 11) is 0. The number of anilines is 1. The zero-order chi connectivity index (χ0) is 18.8. The van der Waals surface area contributed by atoms with Gasteiger partial charge in [0, 0.05) is 32.7 Å². The highest BCUT2D eigenvalue weighted by Crippen LogP contribution is 2.34. The number of carbonyl (C=O) groups excluding carboxylic acids is 2. The van der Waals surface area contributed by atoms with Crippen molar-refractivity contribution in [3.8, 4) is 5.75 Å². The summed E-state index contributed by atoms with van der Waals surface area (Å²) >= 11 is 0. The van der Waals surface area contributed by atoms with E-state index in [2.05, 4.69) is 12.2 Å². The van der Waals surface area contributed by atoms with Crippen LogP contribution in [0.1, 0.15) is 46.0 Å². The Labute approximate surface area is 155 Å². The van der Waals surface area contributed by atoms with Crippen LogP contribution in [0.25, 0.3) is 0 Å². The van der Waals surface area contributed by atoms with Crippen LogP contribution in [0.2, 0.25) is 0 Å². The van der Waals surface area contributed by atoms with Crippen molar-refractivity contribution in [2.45, 2.75) is 52.1 Å². The highest BCUT2D eigenvalue weighted by atomic mass is 16.5. The van der Waals surface area contributed by atoms with Crippen molar-refractivity contribution in [1.29, 1.82) is 0 Å². The molecule has 1 aromatic carbocycles. The van der Waals surface area contributed by atoms with Crippen LogP contribution in [0.4, 0.5) is 5.69 Å². The maximum absolute atomic E-state index is 12.6. The minimum Gasteiger partial charge on any atom is -0.478 e. The van der Waals surface area contributed by atoms with Gasteiger partial charge in [0.25, 0.3) is 5.91 Å². The molecule has 26 heavy (non-hydrogen) atoms. The molecule has 0 aromatic heterocycles. The van der Waals surface area contributed by atoms with Crippen molar-refractivity contribution in [3.63, 3.8) is 0 Å². The Balaban J connectivity index is 1.77. The molecule has 0 radical (unpaired) electrons. The van der Waals surface area contributed by atoms with E-state index in [1.807, 2.05) is 31.2 Å². The van der Waals surface area contributed by atoms with Gasteiger partial charge < -0.3 is 19.7 Å². The second kappa shape index (κ2) is 10.8. The van der Waals surface area contributed by atoms with E-state index in [1.54, 1.807) is 4.90 Å². The largest absolute Gasteiger partial charge is 0.478 e. The van der Waals surface area contributed by atoms with Crippen molar-refractivity contribution >= 4 is 17.5 Å². The first-order valence-electron chi connectivity index (χ1n) is 9.58. The predicted molar refractivity (Wildman–Crippen MR) is 101 cm³/mol. The molecule has 0 saturated heterocycles. The highest BCUT2D eigenvalue weighted by Gasteiger charge is 2.32. The average Bonchev–Trinajstić information content (AvgIpc) is 2.66. The summed E-state index contributed by atoms with van der Waals surface area (Å²) in [6, 6.07) is 7.46. The Kier molecular flexibility index (Phi) is 8.41. The monoisotopic (exact) mass is 362 g/mol. The van der Waals surface area contributed by atoms with Gasteiger partial charge in [-0.25, -0.2) is 0 Å². The Hall–Kier alpha value is -2.08. The first-order chi connectivity index (χ1) is 12.7. The van der Waals surface area contributed by atoms with E-state index in [1.165, 1.54) is 0 Å². The summed E-state index contributed by atoms with van der Waals surface area (Å²) in [5.74, 6) is 0.565. The third-order valence-electron chi connectivity index (χ3n) is 4.33. The number of nitrogens with zero attached hydrogens (tertiary/aromatic N) is 1. The molecule has 6 nitrogen and oxygen atoms in total. The van der Waals surface area contributed by atoms with E-state index < -0.39 is 6.10 Å². The van der Waals surface area contributed by atoms with Crippen LogP contribution in [0.3, 0.4) is 0 Å². The first-order valence-corrected chi connectivity index (χ1v) is 9.58. The number of amides is 2. The van der Waals surface area contributed by atoms with Gasteiger partial charge in [0.1, 0.15) is 5.75 Å². The van der Waals surface area contributed by atoms with Gasteiger partial charge in [-0.1, -0.05) is 32.4 Å². The zero-order valence-electron chi connectivity index (χ0n) is 15.8. The van der Waals surface area contributed by atoms with Gasteiger partial charge in [0.2, 0.25) is 5.91 Å². The molecule has 1 unspecified atom stereocenters. The van der Waals surface area contributed by atoms with Gasteiger partial charge in [-0.3, -0.25) is 9.59 Å². The molecule has 6 heteroatoms. The number of hydrogen-bond donors (Lipinski definition) is 1. The Bertz CT molecular complexity index is 591. The standard InChI is InChI=1S/C20H30N2O4/c1-3-5-14-25-15-8-12-21-19(23)11-13-22-16-9-6-7-10-18(16)26-17(4-2)20(22)24/h6-7,9-10,17H,3-5,8,11-15H2,1-2H3,(H,21,23). The number of hydrogen-bond acceptors (Lipinski definition) is 4. The number of nitrogens with one attached hydrogen (secondary N) is 1. The highest BCUT2D eigenvalue weighted by molar-refractivity contribution is 6.00. The number of benzene rings is 1. The Morgan fingerprint density at radius 3 is 2.77 bits per heavy atom. The van der Waals surface area contributed by atoms with Gasteiger partial charge in [-0.2, -0.15) is 0 Å². The minimum absolute atomic E-state index is 0.0524. The van der Waals surface area contributed by atoms with E-state index in [-0.39, 0.29) is 18.2 Å². The lowest BCUT2D eigenvalue weighted by Gasteiger charge is -2.33. The quantitative estimate of drug-likeness (QED) is 0.615. The number of ether oxygens (including phenoxy) is 2. The topological polar surface area (TPSA) is 67.9 Å². The molecule has 144 valence electrons. The summed E-state index contributed by atoms with van der Waals surface area (Å²) in [6.45, 7) is 6.44.